The van der Waals surface area contributed by atoms with Crippen LogP contribution in [0.1, 0.15) is 24.1 Å². The number of benzene rings is 2. The average molecular weight is 401 g/mol. The van der Waals surface area contributed by atoms with Crippen LogP contribution in [0.4, 0.5) is 0 Å². The maximum absolute atomic E-state index is 12.6. The van der Waals surface area contributed by atoms with Gasteiger partial charge in [0.15, 0.2) is 5.92 Å². The molecule has 3 rings (SSSR count). The quantitative estimate of drug-likeness (QED) is 0.632. The van der Waals surface area contributed by atoms with Crippen molar-refractivity contribution in [2.45, 2.75) is 13.0 Å². The molecule has 1 aliphatic rings. The smallest absolute Gasteiger partial charge is 0.321 e. The van der Waals surface area contributed by atoms with Crippen LogP contribution in [0.15, 0.2) is 64.1 Å². The maximum Gasteiger partial charge on any atom is 0.321 e. The van der Waals surface area contributed by atoms with E-state index >= 15 is 0 Å². The number of carbonyl (C=O) groups is 2. The molecule has 1 amide bonds. The summed E-state index contributed by atoms with van der Waals surface area (Å²) in [6.45, 7) is 1.93. The zero-order valence-corrected chi connectivity index (χ0v) is 15.2. The zero-order chi connectivity index (χ0) is 17.8. The van der Waals surface area contributed by atoms with Crippen LogP contribution in [0.3, 0.4) is 0 Å². The van der Waals surface area contributed by atoms with Crippen molar-refractivity contribution in [3.8, 4) is 0 Å². The van der Waals surface area contributed by atoms with Crippen molar-refractivity contribution in [1.29, 1.82) is 0 Å². The largest absolute Gasteiger partial charge is 0.465 e. The van der Waals surface area contributed by atoms with Crippen molar-refractivity contribution in [3.63, 3.8) is 0 Å². The predicted octanol–water partition coefficient (Wildman–Crippen LogP) is 3.25. The Labute approximate surface area is 154 Å². The van der Waals surface area contributed by atoms with Gasteiger partial charge in [-0.2, -0.15) is 0 Å². The third-order valence-electron chi connectivity index (χ3n) is 3.91. The second-order valence-corrected chi connectivity index (χ2v) is 6.47. The Balaban J connectivity index is 2.05. The average Bonchev–Trinajstić information content (AvgIpc) is 2.62. The van der Waals surface area contributed by atoms with Gasteiger partial charge in [0.1, 0.15) is 5.84 Å². The standard InChI is InChI=1S/C19H17BrN2O3/c1-2-25-19(24)15-16(12-8-10-14(20)11-9-12)21-17(22-18(15)23)13-6-4-3-5-7-13/h3-11,15-16H,2H2,1H3,(H,21,22,23)/t15-,16-/m0/s1. The van der Waals surface area contributed by atoms with E-state index in [2.05, 4.69) is 26.2 Å². The van der Waals surface area contributed by atoms with E-state index in [0.717, 1.165) is 15.6 Å². The number of hydrogen-bond acceptors (Lipinski definition) is 4. The van der Waals surface area contributed by atoms with E-state index in [4.69, 9.17) is 4.74 Å². The van der Waals surface area contributed by atoms with E-state index in [-0.39, 0.29) is 6.61 Å². The first-order valence-corrected chi connectivity index (χ1v) is 8.75. The number of aliphatic imine (C=N–C) groups is 1. The lowest BCUT2D eigenvalue weighted by Crippen LogP contribution is -2.47. The molecule has 5 nitrogen and oxygen atoms in total. The molecule has 0 fully saturated rings. The minimum Gasteiger partial charge on any atom is -0.465 e. The minimum absolute atomic E-state index is 0.213. The van der Waals surface area contributed by atoms with Gasteiger partial charge in [0.25, 0.3) is 0 Å². The van der Waals surface area contributed by atoms with Gasteiger partial charge in [-0.1, -0.05) is 58.4 Å². The highest BCUT2D eigenvalue weighted by Crippen LogP contribution is 2.32. The fourth-order valence-corrected chi connectivity index (χ4v) is 2.99. The molecule has 2 aromatic rings. The van der Waals surface area contributed by atoms with Gasteiger partial charge in [-0.3, -0.25) is 14.6 Å². The monoisotopic (exact) mass is 400 g/mol. The summed E-state index contributed by atoms with van der Waals surface area (Å²) in [6, 6.07) is 16.2. The summed E-state index contributed by atoms with van der Waals surface area (Å²) in [5, 5.41) is 2.73. The molecule has 0 unspecified atom stereocenters. The van der Waals surface area contributed by atoms with Crippen molar-refractivity contribution >= 4 is 33.6 Å². The molecule has 2 aromatic carbocycles. The van der Waals surface area contributed by atoms with E-state index in [0.29, 0.717) is 5.84 Å². The Kier molecular flexibility index (Phi) is 5.28. The fourth-order valence-electron chi connectivity index (χ4n) is 2.72. The summed E-state index contributed by atoms with van der Waals surface area (Å²) < 4.78 is 6.00. The number of amidine groups is 1. The first kappa shape index (κ1) is 17.4. The number of amides is 1. The van der Waals surface area contributed by atoms with Crippen molar-refractivity contribution in [2.75, 3.05) is 6.61 Å². The highest BCUT2D eigenvalue weighted by molar-refractivity contribution is 9.10. The Bertz CT molecular complexity index is 803. The lowest BCUT2D eigenvalue weighted by Gasteiger charge is -2.28. The fraction of sp³-hybridized carbons (Fsp3) is 0.211. The number of carbonyl (C=O) groups excluding carboxylic acids is 2. The number of halogens is 1. The van der Waals surface area contributed by atoms with Crippen molar-refractivity contribution in [1.82, 2.24) is 5.32 Å². The molecule has 0 radical (unpaired) electrons. The van der Waals surface area contributed by atoms with Gasteiger partial charge >= 0.3 is 5.97 Å². The third kappa shape index (κ3) is 3.79. The summed E-state index contributed by atoms with van der Waals surface area (Å²) in [5.74, 6) is -1.52. The lowest BCUT2D eigenvalue weighted by molar-refractivity contribution is -0.153. The molecule has 6 heteroatoms. The van der Waals surface area contributed by atoms with Crippen LogP contribution in [0, 0.1) is 5.92 Å². The van der Waals surface area contributed by atoms with E-state index in [1.807, 2.05) is 54.6 Å². The predicted molar refractivity (Wildman–Crippen MR) is 98.1 cm³/mol. The van der Waals surface area contributed by atoms with Gasteiger partial charge in [-0.25, -0.2) is 0 Å². The van der Waals surface area contributed by atoms with E-state index in [9.17, 15) is 9.59 Å². The Morgan fingerprint density at radius 2 is 1.84 bits per heavy atom. The molecule has 0 saturated carbocycles. The summed E-state index contributed by atoms with van der Waals surface area (Å²) in [5.41, 5.74) is 1.57. The number of hydrogen-bond donors (Lipinski definition) is 1. The molecule has 2 atom stereocenters. The summed E-state index contributed by atoms with van der Waals surface area (Å²) in [4.78, 5) is 29.6. The summed E-state index contributed by atoms with van der Waals surface area (Å²) in [6.07, 6.45) is 0. The topological polar surface area (TPSA) is 67.8 Å². The Morgan fingerprint density at radius 1 is 1.16 bits per heavy atom. The molecule has 1 aliphatic heterocycles. The number of nitrogens with zero attached hydrogens (tertiary/aromatic N) is 1. The molecule has 0 saturated heterocycles. The van der Waals surface area contributed by atoms with E-state index < -0.39 is 23.8 Å². The highest BCUT2D eigenvalue weighted by atomic mass is 79.9. The van der Waals surface area contributed by atoms with Crippen molar-refractivity contribution < 1.29 is 14.3 Å². The van der Waals surface area contributed by atoms with Gasteiger partial charge in [0.05, 0.1) is 12.6 Å². The van der Waals surface area contributed by atoms with E-state index in [1.165, 1.54) is 0 Å². The molecular weight excluding hydrogens is 384 g/mol. The number of esters is 1. The molecule has 0 spiro atoms. The number of nitrogens with one attached hydrogen (secondary N) is 1. The Hall–Kier alpha value is -2.47. The highest BCUT2D eigenvalue weighted by Gasteiger charge is 2.41. The van der Waals surface area contributed by atoms with Crippen LogP contribution in [-0.4, -0.2) is 24.3 Å². The first-order valence-electron chi connectivity index (χ1n) is 7.96. The first-order chi connectivity index (χ1) is 12.1. The second-order valence-electron chi connectivity index (χ2n) is 5.56. The van der Waals surface area contributed by atoms with Crippen molar-refractivity contribution in [2.24, 2.45) is 10.9 Å². The van der Waals surface area contributed by atoms with Crippen LogP contribution < -0.4 is 5.32 Å². The van der Waals surface area contributed by atoms with Gasteiger partial charge in [0.2, 0.25) is 5.91 Å². The lowest BCUT2D eigenvalue weighted by atomic mass is 9.90. The van der Waals surface area contributed by atoms with Gasteiger partial charge < -0.3 is 10.1 Å². The summed E-state index contributed by atoms with van der Waals surface area (Å²) in [7, 11) is 0. The molecule has 128 valence electrons. The molecule has 0 bridgehead atoms. The normalized spacial score (nSPS) is 19.8. The van der Waals surface area contributed by atoms with Gasteiger partial charge in [-0.15, -0.1) is 0 Å². The molecule has 1 N–H and O–H groups in total. The van der Waals surface area contributed by atoms with Crippen LogP contribution in [0.25, 0.3) is 0 Å². The number of rotatable bonds is 4. The molecule has 0 aromatic heterocycles. The van der Waals surface area contributed by atoms with Crippen LogP contribution in [0.2, 0.25) is 0 Å². The maximum atomic E-state index is 12.6. The second kappa shape index (κ2) is 7.61. The minimum atomic E-state index is -1.01. The van der Waals surface area contributed by atoms with Crippen LogP contribution in [0.5, 0.6) is 0 Å². The van der Waals surface area contributed by atoms with Gasteiger partial charge in [-0.05, 0) is 24.6 Å². The SMILES string of the molecule is CCOC(=O)[C@@H]1C(=O)NC(c2ccccc2)=N[C@H]1c1ccc(Br)cc1. The molecular formula is C19H17BrN2O3. The van der Waals surface area contributed by atoms with Crippen LogP contribution in [-0.2, 0) is 14.3 Å². The third-order valence-corrected chi connectivity index (χ3v) is 4.44. The Morgan fingerprint density at radius 3 is 2.48 bits per heavy atom. The molecule has 25 heavy (non-hydrogen) atoms. The zero-order valence-electron chi connectivity index (χ0n) is 13.6. The molecule has 1 heterocycles. The number of ether oxygens (including phenoxy) is 1. The van der Waals surface area contributed by atoms with E-state index in [1.54, 1.807) is 6.92 Å². The molecule has 0 aliphatic carbocycles. The van der Waals surface area contributed by atoms with Crippen molar-refractivity contribution in [3.05, 3.63) is 70.2 Å². The van der Waals surface area contributed by atoms with Crippen LogP contribution >= 0.6 is 15.9 Å². The summed E-state index contributed by atoms with van der Waals surface area (Å²) >= 11 is 3.39. The van der Waals surface area contributed by atoms with Gasteiger partial charge in [0, 0.05) is 10.0 Å².